The molecule has 0 aromatic carbocycles. The molecule has 4 heteroatoms. The Balaban J connectivity index is 2.67. The lowest BCUT2D eigenvalue weighted by atomic mass is 10.4. The Bertz CT molecular complexity index is 338. The first-order chi connectivity index (χ1) is 7.33. The molecule has 0 amide bonds. The number of rotatable bonds is 6. The van der Waals surface area contributed by atoms with Crippen molar-refractivity contribution in [1.29, 1.82) is 5.26 Å². The van der Waals surface area contributed by atoms with E-state index in [1.807, 2.05) is 17.0 Å². The van der Waals surface area contributed by atoms with Gasteiger partial charge < -0.3 is 4.74 Å². The Morgan fingerprint density at radius 1 is 1.60 bits per heavy atom. The summed E-state index contributed by atoms with van der Waals surface area (Å²) in [6.45, 7) is 4.27. The topological polar surface area (TPSA) is 41.8 Å². The summed E-state index contributed by atoms with van der Waals surface area (Å²) in [6.07, 6.45) is 5.95. The van der Waals surface area contributed by atoms with Crippen molar-refractivity contribution in [3.8, 4) is 6.07 Å². The number of ether oxygens (including phenoxy) is 1. The van der Waals surface area contributed by atoms with Gasteiger partial charge in [-0.2, -0.15) is 5.26 Å². The Morgan fingerprint density at radius 3 is 3.00 bits per heavy atom. The van der Waals surface area contributed by atoms with E-state index < -0.39 is 0 Å². The number of aromatic nitrogens is 2. The van der Waals surface area contributed by atoms with Crippen molar-refractivity contribution in [3.05, 3.63) is 18.2 Å². The van der Waals surface area contributed by atoms with Crippen molar-refractivity contribution in [3.63, 3.8) is 0 Å². The monoisotopic (exact) mass is 208 g/mol. The highest BCUT2D eigenvalue weighted by Crippen LogP contribution is 1.97. The standard InChI is InChI=1S/C11H18N3O/c1-3-11-13(6-4-10-15-2)8-9-14(11)7-5-12/h8-9H,3-4,6-7,10H2,1-2H3/q+1. The molecule has 0 fully saturated rings. The molecule has 1 rings (SSSR count). The van der Waals surface area contributed by atoms with Crippen LogP contribution in [0.25, 0.3) is 0 Å². The molecule has 15 heavy (non-hydrogen) atoms. The average Bonchev–Trinajstić information content (AvgIpc) is 2.62. The Labute approximate surface area is 90.7 Å². The van der Waals surface area contributed by atoms with Crippen LogP contribution < -0.4 is 4.57 Å². The van der Waals surface area contributed by atoms with Crippen LogP contribution in [0, 0.1) is 11.3 Å². The third-order valence-electron chi connectivity index (χ3n) is 2.39. The lowest BCUT2D eigenvalue weighted by Crippen LogP contribution is -2.37. The number of nitriles is 1. The van der Waals surface area contributed by atoms with Crippen LogP contribution in [0.15, 0.2) is 12.4 Å². The largest absolute Gasteiger partial charge is 0.385 e. The van der Waals surface area contributed by atoms with Gasteiger partial charge in [0.25, 0.3) is 5.82 Å². The van der Waals surface area contributed by atoms with Crippen molar-refractivity contribution in [2.24, 2.45) is 0 Å². The third kappa shape index (κ3) is 3.07. The third-order valence-corrected chi connectivity index (χ3v) is 2.39. The zero-order chi connectivity index (χ0) is 11.1. The maximum absolute atomic E-state index is 8.66. The second kappa shape index (κ2) is 6.20. The first-order valence-electron chi connectivity index (χ1n) is 5.26. The van der Waals surface area contributed by atoms with Crippen molar-refractivity contribution >= 4 is 0 Å². The van der Waals surface area contributed by atoms with E-state index in [1.54, 1.807) is 7.11 Å². The van der Waals surface area contributed by atoms with E-state index in [9.17, 15) is 0 Å². The highest BCUT2D eigenvalue weighted by atomic mass is 16.5. The van der Waals surface area contributed by atoms with Crippen LogP contribution in [0.4, 0.5) is 0 Å². The van der Waals surface area contributed by atoms with E-state index in [2.05, 4.69) is 17.6 Å². The molecule has 0 atom stereocenters. The van der Waals surface area contributed by atoms with Gasteiger partial charge in [0, 0.05) is 26.6 Å². The summed E-state index contributed by atoms with van der Waals surface area (Å²) in [4.78, 5) is 0. The molecule has 0 spiro atoms. The zero-order valence-electron chi connectivity index (χ0n) is 9.44. The van der Waals surface area contributed by atoms with E-state index >= 15 is 0 Å². The summed E-state index contributed by atoms with van der Waals surface area (Å²) in [5.41, 5.74) is 0. The van der Waals surface area contributed by atoms with Crippen LogP contribution >= 0.6 is 0 Å². The minimum atomic E-state index is 0.431. The normalized spacial score (nSPS) is 10.2. The number of imidazole rings is 1. The summed E-state index contributed by atoms with van der Waals surface area (Å²) in [7, 11) is 1.71. The van der Waals surface area contributed by atoms with Crippen LogP contribution in [0.3, 0.4) is 0 Å². The summed E-state index contributed by atoms with van der Waals surface area (Å²) in [5, 5.41) is 8.66. The minimum Gasteiger partial charge on any atom is -0.385 e. The van der Waals surface area contributed by atoms with Crippen molar-refractivity contribution < 1.29 is 9.30 Å². The van der Waals surface area contributed by atoms with E-state index in [0.29, 0.717) is 6.54 Å². The van der Waals surface area contributed by atoms with E-state index in [0.717, 1.165) is 26.0 Å². The quantitative estimate of drug-likeness (QED) is 0.515. The molecule has 1 aromatic heterocycles. The number of methoxy groups -OCH3 is 1. The molecule has 1 heterocycles. The molecular formula is C11H18N3O+. The Morgan fingerprint density at radius 2 is 2.40 bits per heavy atom. The maximum Gasteiger partial charge on any atom is 0.256 e. The fourth-order valence-corrected chi connectivity index (χ4v) is 1.71. The van der Waals surface area contributed by atoms with Gasteiger partial charge in [-0.15, -0.1) is 0 Å². The second-order valence-electron chi connectivity index (χ2n) is 3.39. The van der Waals surface area contributed by atoms with E-state index in [4.69, 9.17) is 10.00 Å². The molecule has 0 N–H and O–H groups in total. The van der Waals surface area contributed by atoms with E-state index in [1.165, 1.54) is 5.82 Å². The molecule has 0 unspecified atom stereocenters. The number of nitrogens with zero attached hydrogens (tertiary/aromatic N) is 3. The van der Waals surface area contributed by atoms with Crippen molar-refractivity contribution in [2.75, 3.05) is 13.7 Å². The van der Waals surface area contributed by atoms with E-state index in [-0.39, 0.29) is 0 Å². The molecule has 1 aromatic rings. The molecule has 0 bridgehead atoms. The SMILES string of the molecule is CCc1n(CC#N)cc[n+]1CCCOC. The Hall–Kier alpha value is -1.34. The summed E-state index contributed by atoms with van der Waals surface area (Å²) < 4.78 is 9.20. The highest BCUT2D eigenvalue weighted by molar-refractivity contribution is 4.87. The average molecular weight is 208 g/mol. The number of hydrogen-bond donors (Lipinski definition) is 0. The van der Waals surface area contributed by atoms with Gasteiger partial charge in [-0.1, -0.05) is 6.92 Å². The predicted octanol–water partition coefficient (Wildman–Crippen LogP) is 0.898. The molecule has 0 radical (unpaired) electrons. The van der Waals surface area contributed by atoms with Crippen molar-refractivity contribution in [1.82, 2.24) is 4.57 Å². The molecule has 4 nitrogen and oxygen atoms in total. The lowest BCUT2D eigenvalue weighted by Gasteiger charge is -2.00. The Kier molecular flexibility index (Phi) is 4.85. The van der Waals surface area contributed by atoms with Crippen LogP contribution in [0.5, 0.6) is 0 Å². The van der Waals surface area contributed by atoms with Gasteiger partial charge in [0.05, 0.1) is 6.54 Å². The molecule has 0 aliphatic rings. The number of hydrogen-bond acceptors (Lipinski definition) is 2. The van der Waals surface area contributed by atoms with Crippen molar-refractivity contribution in [2.45, 2.75) is 32.9 Å². The van der Waals surface area contributed by atoms with Gasteiger partial charge in [0.1, 0.15) is 18.5 Å². The molecule has 82 valence electrons. The molecule has 0 saturated heterocycles. The van der Waals surface area contributed by atoms with Gasteiger partial charge >= 0.3 is 0 Å². The van der Waals surface area contributed by atoms with Gasteiger partial charge in [-0.25, -0.2) is 9.13 Å². The van der Waals surface area contributed by atoms with Gasteiger partial charge in [0.2, 0.25) is 0 Å². The lowest BCUT2D eigenvalue weighted by molar-refractivity contribution is -0.704. The highest BCUT2D eigenvalue weighted by Gasteiger charge is 2.13. The summed E-state index contributed by atoms with van der Waals surface area (Å²) in [6, 6.07) is 2.16. The first-order valence-corrected chi connectivity index (χ1v) is 5.26. The fourth-order valence-electron chi connectivity index (χ4n) is 1.71. The van der Waals surface area contributed by atoms with Gasteiger partial charge in [-0.3, -0.25) is 0 Å². The maximum atomic E-state index is 8.66. The summed E-state index contributed by atoms with van der Waals surface area (Å²) >= 11 is 0. The van der Waals surface area contributed by atoms with Gasteiger partial charge in [0.15, 0.2) is 6.54 Å². The molecule has 0 saturated carbocycles. The zero-order valence-corrected chi connectivity index (χ0v) is 9.44. The molecule has 0 aliphatic heterocycles. The van der Waals surface area contributed by atoms with Gasteiger partial charge in [-0.05, 0) is 0 Å². The number of aryl methyl sites for hydroxylation is 1. The predicted molar refractivity (Wildman–Crippen MR) is 56.1 cm³/mol. The summed E-state index contributed by atoms with van der Waals surface area (Å²) in [5.74, 6) is 1.20. The first kappa shape index (κ1) is 11.7. The molecule has 0 aliphatic carbocycles. The van der Waals surface area contributed by atoms with Crippen LogP contribution in [0.2, 0.25) is 0 Å². The van der Waals surface area contributed by atoms with Crippen LogP contribution in [-0.2, 0) is 24.2 Å². The smallest absolute Gasteiger partial charge is 0.256 e. The van der Waals surface area contributed by atoms with Crippen LogP contribution in [-0.4, -0.2) is 18.3 Å². The van der Waals surface area contributed by atoms with Crippen LogP contribution in [0.1, 0.15) is 19.2 Å². The fraction of sp³-hybridized carbons (Fsp3) is 0.636. The second-order valence-corrected chi connectivity index (χ2v) is 3.39. The minimum absolute atomic E-state index is 0.431. The molecular weight excluding hydrogens is 190 g/mol.